The summed E-state index contributed by atoms with van der Waals surface area (Å²) in [7, 11) is -3.49. The van der Waals surface area contributed by atoms with Gasteiger partial charge >= 0.3 is 0 Å². The molecule has 0 saturated heterocycles. The lowest BCUT2D eigenvalue weighted by molar-refractivity contribution is 0.341. The summed E-state index contributed by atoms with van der Waals surface area (Å²) in [6, 6.07) is 16.3. The van der Waals surface area contributed by atoms with Crippen molar-refractivity contribution < 1.29 is 13.2 Å². The summed E-state index contributed by atoms with van der Waals surface area (Å²) in [5, 5.41) is 1.98. The fourth-order valence-corrected chi connectivity index (χ4v) is 4.19. The van der Waals surface area contributed by atoms with Crippen molar-refractivity contribution in [3.8, 4) is 17.0 Å². The SMILES string of the molecule is O=S(=O)(CCOc1ccccc1)Nc1ccc(-c2cn3ccsc3n2)cc1. The Hall–Kier alpha value is -2.84. The highest BCUT2D eigenvalue weighted by atomic mass is 32.2. The molecule has 0 saturated carbocycles. The summed E-state index contributed by atoms with van der Waals surface area (Å²) in [5.41, 5.74) is 2.30. The normalized spacial score (nSPS) is 11.6. The average Bonchev–Trinajstić information content (AvgIpc) is 3.25. The van der Waals surface area contributed by atoms with Crippen LogP contribution in [0.15, 0.2) is 72.4 Å². The van der Waals surface area contributed by atoms with Crippen molar-refractivity contribution in [1.29, 1.82) is 0 Å². The number of aromatic nitrogens is 2. The van der Waals surface area contributed by atoms with Gasteiger partial charge in [0.25, 0.3) is 0 Å². The first kappa shape index (κ1) is 17.6. The predicted octanol–water partition coefficient (Wildman–Crippen LogP) is 3.88. The summed E-state index contributed by atoms with van der Waals surface area (Å²) in [5.74, 6) is 0.526. The molecular formula is C19H17N3O3S2. The molecule has 0 unspecified atom stereocenters. The Balaban J connectivity index is 1.37. The van der Waals surface area contributed by atoms with Gasteiger partial charge in [0, 0.05) is 29.0 Å². The largest absolute Gasteiger partial charge is 0.492 e. The Bertz CT molecular complexity index is 1110. The number of hydrogen-bond donors (Lipinski definition) is 1. The van der Waals surface area contributed by atoms with Gasteiger partial charge in [0.2, 0.25) is 10.0 Å². The van der Waals surface area contributed by atoms with Gasteiger partial charge in [0.15, 0.2) is 4.96 Å². The lowest BCUT2D eigenvalue weighted by Gasteiger charge is -2.09. The van der Waals surface area contributed by atoms with Crippen LogP contribution in [0, 0.1) is 0 Å². The molecule has 0 fully saturated rings. The van der Waals surface area contributed by atoms with Crippen molar-refractivity contribution in [2.45, 2.75) is 0 Å². The van der Waals surface area contributed by atoms with Gasteiger partial charge in [-0.1, -0.05) is 30.3 Å². The van der Waals surface area contributed by atoms with E-state index in [9.17, 15) is 8.42 Å². The lowest BCUT2D eigenvalue weighted by Crippen LogP contribution is -2.21. The van der Waals surface area contributed by atoms with E-state index in [0.717, 1.165) is 16.2 Å². The van der Waals surface area contributed by atoms with Crippen LogP contribution < -0.4 is 9.46 Å². The van der Waals surface area contributed by atoms with Crippen LogP contribution in [0.2, 0.25) is 0 Å². The molecule has 2 aromatic heterocycles. The topological polar surface area (TPSA) is 72.7 Å². The molecular weight excluding hydrogens is 382 g/mol. The Morgan fingerprint density at radius 1 is 1.07 bits per heavy atom. The lowest BCUT2D eigenvalue weighted by atomic mass is 10.1. The minimum absolute atomic E-state index is 0.0861. The Kier molecular flexibility index (Phi) is 4.83. The van der Waals surface area contributed by atoms with Crippen LogP contribution in [0.3, 0.4) is 0 Å². The quantitative estimate of drug-likeness (QED) is 0.512. The van der Waals surface area contributed by atoms with E-state index in [4.69, 9.17) is 4.74 Å². The third-order valence-electron chi connectivity index (χ3n) is 3.91. The maximum atomic E-state index is 12.2. The zero-order valence-corrected chi connectivity index (χ0v) is 15.9. The molecule has 4 rings (SSSR count). The first-order valence-electron chi connectivity index (χ1n) is 8.30. The summed E-state index contributed by atoms with van der Waals surface area (Å²) in [4.78, 5) is 5.47. The van der Waals surface area contributed by atoms with E-state index >= 15 is 0 Å². The fraction of sp³-hybridized carbons (Fsp3) is 0.105. The molecule has 0 amide bonds. The first-order valence-corrected chi connectivity index (χ1v) is 10.8. The van der Waals surface area contributed by atoms with Crippen LogP contribution in [0.25, 0.3) is 16.2 Å². The maximum Gasteiger partial charge on any atom is 0.236 e. The smallest absolute Gasteiger partial charge is 0.236 e. The summed E-state index contributed by atoms with van der Waals surface area (Å²) >= 11 is 1.57. The summed E-state index contributed by atoms with van der Waals surface area (Å²) in [6.07, 6.45) is 3.91. The van der Waals surface area contributed by atoms with E-state index in [1.807, 2.05) is 52.5 Å². The molecule has 0 atom stereocenters. The van der Waals surface area contributed by atoms with Crippen LogP contribution >= 0.6 is 11.3 Å². The number of nitrogens with one attached hydrogen (secondary N) is 1. The van der Waals surface area contributed by atoms with Crippen molar-refractivity contribution >= 4 is 32.0 Å². The number of rotatable bonds is 7. The Labute approximate surface area is 161 Å². The molecule has 138 valence electrons. The molecule has 1 N–H and O–H groups in total. The molecule has 0 spiro atoms. The van der Waals surface area contributed by atoms with Gasteiger partial charge in [0.05, 0.1) is 5.69 Å². The number of imidazole rings is 1. The number of sulfonamides is 1. The van der Waals surface area contributed by atoms with E-state index in [1.165, 1.54) is 0 Å². The van der Waals surface area contributed by atoms with Gasteiger partial charge in [-0.3, -0.25) is 9.12 Å². The van der Waals surface area contributed by atoms with Crippen molar-refractivity contribution in [3.05, 3.63) is 72.4 Å². The number of nitrogens with zero attached hydrogens (tertiary/aromatic N) is 2. The molecule has 2 aromatic carbocycles. The summed E-state index contributed by atoms with van der Waals surface area (Å²) in [6.45, 7) is 0.0861. The number of para-hydroxylation sites is 1. The van der Waals surface area contributed by atoms with Gasteiger partial charge < -0.3 is 4.74 Å². The van der Waals surface area contributed by atoms with Gasteiger partial charge in [0.1, 0.15) is 18.1 Å². The average molecular weight is 399 g/mol. The molecule has 2 heterocycles. The second-order valence-electron chi connectivity index (χ2n) is 5.88. The fourth-order valence-electron chi connectivity index (χ4n) is 2.59. The van der Waals surface area contributed by atoms with Gasteiger partial charge in [-0.2, -0.15) is 0 Å². The number of anilines is 1. The van der Waals surface area contributed by atoms with Crippen molar-refractivity contribution in [2.24, 2.45) is 0 Å². The molecule has 6 nitrogen and oxygen atoms in total. The highest BCUT2D eigenvalue weighted by Crippen LogP contribution is 2.23. The minimum Gasteiger partial charge on any atom is -0.492 e. The van der Waals surface area contributed by atoms with Crippen LogP contribution in [0.5, 0.6) is 5.75 Å². The molecule has 0 aliphatic heterocycles. The van der Waals surface area contributed by atoms with Crippen LogP contribution in [-0.2, 0) is 10.0 Å². The van der Waals surface area contributed by atoms with Crippen molar-refractivity contribution in [1.82, 2.24) is 9.38 Å². The third kappa shape index (κ3) is 4.29. The first-order chi connectivity index (χ1) is 13.1. The van der Waals surface area contributed by atoms with Crippen molar-refractivity contribution in [3.63, 3.8) is 0 Å². The van der Waals surface area contributed by atoms with Crippen LogP contribution in [0.4, 0.5) is 5.69 Å². The minimum atomic E-state index is -3.49. The molecule has 8 heteroatoms. The summed E-state index contributed by atoms with van der Waals surface area (Å²) < 4.78 is 34.4. The van der Waals surface area contributed by atoms with Gasteiger partial charge in [-0.25, -0.2) is 13.4 Å². The number of ether oxygens (including phenoxy) is 1. The standard InChI is InChI=1S/C19H17N3O3S2/c23-27(24,13-11-25-17-4-2-1-3-5-17)21-16-8-6-15(7-9-16)18-14-22-10-12-26-19(22)20-18/h1-10,12,14,21H,11,13H2. The van der Waals surface area contributed by atoms with E-state index in [1.54, 1.807) is 35.6 Å². The van der Waals surface area contributed by atoms with Gasteiger partial charge in [-0.15, -0.1) is 11.3 Å². The highest BCUT2D eigenvalue weighted by molar-refractivity contribution is 7.92. The molecule has 4 aromatic rings. The monoisotopic (exact) mass is 399 g/mol. The zero-order chi connectivity index (χ0) is 18.7. The maximum absolute atomic E-state index is 12.2. The van der Waals surface area contributed by atoms with Crippen molar-refractivity contribution in [2.75, 3.05) is 17.1 Å². The predicted molar refractivity (Wildman–Crippen MR) is 108 cm³/mol. The van der Waals surface area contributed by atoms with E-state index < -0.39 is 10.0 Å². The Morgan fingerprint density at radius 3 is 2.59 bits per heavy atom. The number of thiazole rings is 1. The number of hydrogen-bond acceptors (Lipinski definition) is 5. The van der Waals surface area contributed by atoms with Gasteiger partial charge in [-0.05, 0) is 24.3 Å². The molecule has 0 radical (unpaired) electrons. The number of fused-ring (bicyclic) bond motifs is 1. The molecule has 0 bridgehead atoms. The third-order valence-corrected chi connectivity index (χ3v) is 5.93. The van der Waals surface area contributed by atoms with E-state index in [0.29, 0.717) is 11.4 Å². The zero-order valence-electron chi connectivity index (χ0n) is 14.3. The molecule has 0 aliphatic carbocycles. The van der Waals surface area contributed by atoms with Crippen LogP contribution in [0.1, 0.15) is 0 Å². The van der Waals surface area contributed by atoms with E-state index in [-0.39, 0.29) is 12.4 Å². The van der Waals surface area contributed by atoms with E-state index in [2.05, 4.69) is 9.71 Å². The Morgan fingerprint density at radius 2 is 1.85 bits per heavy atom. The second kappa shape index (κ2) is 7.42. The molecule has 27 heavy (non-hydrogen) atoms. The molecule has 0 aliphatic rings. The number of benzene rings is 2. The highest BCUT2D eigenvalue weighted by Gasteiger charge is 2.12. The van der Waals surface area contributed by atoms with Crippen LogP contribution in [-0.4, -0.2) is 30.2 Å². The second-order valence-corrected chi connectivity index (χ2v) is 8.59.